The van der Waals surface area contributed by atoms with Crippen LogP contribution in [0.5, 0.6) is 0 Å². The second kappa shape index (κ2) is 8.97. The van der Waals surface area contributed by atoms with Gasteiger partial charge in [0.05, 0.1) is 19.3 Å². The zero-order chi connectivity index (χ0) is 19.6. The third-order valence-corrected chi connectivity index (χ3v) is 4.59. The molecule has 2 saturated heterocycles. The monoisotopic (exact) mass is 382 g/mol. The molecule has 11 heteroatoms. The lowest BCUT2D eigenvalue weighted by molar-refractivity contribution is -0.341. The molecule has 2 rings (SSSR count). The van der Waals surface area contributed by atoms with Crippen molar-refractivity contribution in [2.45, 2.75) is 74.6 Å². The molecular formula is C15H26O11. The van der Waals surface area contributed by atoms with Crippen molar-refractivity contribution < 1.29 is 54.8 Å². The van der Waals surface area contributed by atoms with Crippen LogP contribution in [-0.4, -0.2) is 116 Å². The molecule has 0 bridgehead atoms. The SMILES string of the molecule is CC(=O)C[C@@H]1O[C@H](CO)[C@@H](OC2O[C@H](CO)[C@@H](O)[C@H](O)[C@H]2O)[C@H](O)[C@H]1O. The fraction of sp³-hybridized carbons (Fsp3) is 0.933. The van der Waals surface area contributed by atoms with E-state index in [2.05, 4.69) is 0 Å². The van der Waals surface area contributed by atoms with Gasteiger partial charge < -0.3 is 50.0 Å². The van der Waals surface area contributed by atoms with E-state index < -0.39 is 74.4 Å². The van der Waals surface area contributed by atoms with Gasteiger partial charge in [-0.2, -0.15) is 0 Å². The number of aliphatic hydroxyl groups is 7. The number of Topliss-reactive ketones (excluding diaryl/α,β-unsaturated/α-hetero) is 1. The van der Waals surface area contributed by atoms with Crippen LogP contribution in [0, 0.1) is 0 Å². The predicted octanol–water partition coefficient (Wildman–Crippen LogP) is -4.37. The Morgan fingerprint density at radius 1 is 0.808 bits per heavy atom. The average Bonchev–Trinajstić information content (AvgIpc) is 2.60. The van der Waals surface area contributed by atoms with E-state index in [9.17, 15) is 40.5 Å². The van der Waals surface area contributed by atoms with E-state index in [0.29, 0.717) is 0 Å². The molecule has 152 valence electrons. The molecule has 1 unspecified atom stereocenters. The summed E-state index contributed by atoms with van der Waals surface area (Å²) in [7, 11) is 0. The third kappa shape index (κ3) is 4.39. The van der Waals surface area contributed by atoms with Gasteiger partial charge in [-0.1, -0.05) is 0 Å². The number of carbonyl (C=O) groups excluding carboxylic acids is 1. The Hall–Kier alpha value is -0.730. The predicted molar refractivity (Wildman–Crippen MR) is 81.7 cm³/mol. The molecule has 0 amide bonds. The zero-order valence-electron chi connectivity index (χ0n) is 14.2. The molecule has 2 aliphatic heterocycles. The van der Waals surface area contributed by atoms with Gasteiger partial charge in [0, 0.05) is 6.42 Å². The molecule has 2 fully saturated rings. The maximum atomic E-state index is 11.2. The van der Waals surface area contributed by atoms with Crippen LogP contribution in [0.25, 0.3) is 0 Å². The first-order valence-electron chi connectivity index (χ1n) is 8.29. The van der Waals surface area contributed by atoms with E-state index in [4.69, 9.17) is 14.2 Å². The summed E-state index contributed by atoms with van der Waals surface area (Å²) in [5, 5.41) is 68.6. The van der Waals surface area contributed by atoms with E-state index in [1.165, 1.54) is 6.92 Å². The van der Waals surface area contributed by atoms with Gasteiger partial charge in [-0.15, -0.1) is 0 Å². The van der Waals surface area contributed by atoms with E-state index in [-0.39, 0.29) is 12.2 Å². The van der Waals surface area contributed by atoms with Gasteiger partial charge in [0.2, 0.25) is 0 Å². The van der Waals surface area contributed by atoms with Gasteiger partial charge in [-0.25, -0.2) is 0 Å². The normalized spacial score (nSPS) is 46.9. The smallest absolute Gasteiger partial charge is 0.187 e. The minimum absolute atomic E-state index is 0.179. The zero-order valence-corrected chi connectivity index (χ0v) is 14.2. The van der Waals surface area contributed by atoms with Crippen molar-refractivity contribution >= 4 is 5.78 Å². The summed E-state index contributed by atoms with van der Waals surface area (Å²) in [4.78, 5) is 11.2. The summed E-state index contributed by atoms with van der Waals surface area (Å²) >= 11 is 0. The van der Waals surface area contributed by atoms with E-state index >= 15 is 0 Å². The summed E-state index contributed by atoms with van der Waals surface area (Å²) in [6, 6.07) is 0. The van der Waals surface area contributed by atoms with Crippen LogP contribution in [0.1, 0.15) is 13.3 Å². The first kappa shape index (κ1) is 21.6. The Morgan fingerprint density at radius 2 is 1.38 bits per heavy atom. The van der Waals surface area contributed by atoms with Crippen LogP contribution in [0.2, 0.25) is 0 Å². The summed E-state index contributed by atoms with van der Waals surface area (Å²) in [6.07, 6.45) is -14.6. The molecule has 7 N–H and O–H groups in total. The number of carbonyl (C=O) groups is 1. The van der Waals surface area contributed by atoms with E-state index in [0.717, 1.165) is 0 Å². The number of ether oxygens (including phenoxy) is 3. The number of aliphatic hydroxyl groups excluding tert-OH is 7. The van der Waals surface area contributed by atoms with Crippen LogP contribution in [-0.2, 0) is 19.0 Å². The number of hydrogen-bond acceptors (Lipinski definition) is 11. The molecule has 10 atom stereocenters. The lowest BCUT2D eigenvalue weighted by Gasteiger charge is -2.46. The molecule has 26 heavy (non-hydrogen) atoms. The lowest BCUT2D eigenvalue weighted by Crippen LogP contribution is -2.64. The van der Waals surface area contributed by atoms with Crippen molar-refractivity contribution in [1.82, 2.24) is 0 Å². The first-order valence-corrected chi connectivity index (χ1v) is 8.29. The highest BCUT2D eigenvalue weighted by Crippen LogP contribution is 2.30. The quantitative estimate of drug-likeness (QED) is 0.235. The molecule has 2 heterocycles. The van der Waals surface area contributed by atoms with Crippen molar-refractivity contribution in [2.75, 3.05) is 13.2 Å². The van der Waals surface area contributed by atoms with Crippen LogP contribution >= 0.6 is 0 Å². The van der Waals surface area contributed by atoms with Crippen molar-refractivity contribution in [2.24, 2.45) is 0 Å². The molecular weight excluding hydrogens is 356 g/mol. The Bertz CT molecular complexity index is 471. The van der Waals surface area contributed by atoms with Crippen LogP contribution in [0.4, 0.5) is 0 Å². The number of hydrogen-bond donors (Lipinski definition) is 7. The molecule has 0 aromatic heterocycles. The molecule has 0 saturated carbocycles. The third-order valence-electron chi connectivity index (χ3n) is 4.59. The Labute approximate surface area is 149 Å². The lowest BCUT2D eigenvalue weighted by atomic mass is 9.92. The van der Waals surface area contributed by atoms with Gasteiger partial charge in [0.15, 0.2) is 6.29 Å². The second-order valence-electron chi connectivity index (χ2n) is 6.58. The molecule has 0 spiro atoms. The molecule has 0 aliphatic carbocycles. The fourth-order valence-electron chi connectivity index (χ4n) is 3.12. The Morgan fingerprint density at radius 3 is 1.92 bits per heavy atom. The largest absolute Gasteiger partial charge is 0.394 e. The molecule has 11 nitrogen and oxygen atoms in total. The Balaban J connectivity index is 2.12. The summed E-state index contributed by atoms with van der Waals surface area (Å²) in [5.41, 5.74) is 0. The van der Waals surface area contributed by atoms with Crippen LogP contribution in [0.3, 0.4) is 0 Å². The summed E-state index contributed by atoms with van der Waals surface area (Å²) < 4.78 is 16.0. The molecule has 2 aliphatic rings. The topological polar surface area (TPSA) is 186 Å². The maximum absolute atomic E-state index is 11.2. The van der Waals surface area contributed by atoms with Gasteiger partial charge in [0.1, 0.15) is 54.6 Å². The maximum Gasteiger partial charge on any atom is 0.187 e. The second-order valence-corrected chi connectivity index (χ2v) is 6.58. The highest BCUT2D eigenvalue weighted by atomic mass is 16.7. The van der Waals surface area contributed by atoms with Gasteiger partial charge >= 0.3 is 0 Å². The van der Waals surface area contributed by atoms with Gasteiger partial charge in [-0.3, -0.25) is 4.79 Å². The van der Waals surface area contributed by atoms with Crippen molar-refractivity contribution in [3.05, 3.63) is 0 Å². The van der Waals surface area contributed by atoms with Gasteiger partial charge in [0.25, 0.3) is 0 Å². The minimum Gasteiger partial charge on any atom is -0.394 e. The van der Waals surface area contributed by atoms with Gasteiger partial charge in [-0.05, 0) is 6.92 Å². The highest BCUT2D eigenvalue weighted by Gasteiger charge is 2.50. The fourth-order valence-corrected chi connectivity index (χ4v) is 3.12. The van der Waals surface area contributed by atoms with Crippen molar-refractivity contribution in [3.8, 4) is 0 Å². The Kier molecular flexibility index (Phi) is 7.44. The van der Waals surface area contributed by atoms with E-state index in [1.54, 1.807) is 0 Å². The first-order chi connectivity index (χ1) is 12.2. The molecule has 0 aromatic carbocycles. The summed E-state index contributed by atoms with van der Waals surface area (Å²) in [6.45, 7) is -0.00546. The van der Waals surface area contributed by atoms with Crippen LogP contribution in [0.15, 0.2) is 0 Å². The molecule has 0 aromatic rings. The molecule has 0 radical (unpaired) electrons. The van der Waals surface area contributed by atoms with Crippen molar-refractivity contribution in [1.29, 1.82) is 0 Å². The minimum atomic E-state index is -1.72. The number of rotatable bonds is 6. The average molecular weight is 382 g/mol. The van der Waals surface area contributed by atoms with E-state index in [1.807, 2.05) is 0 Å². The highest BCUT2D eigenvalue weighted by molar-refractivity contribution is 5.76. The van der Waals surface area contributed by atoms with Crippen LogP contribution < -0.4 is 0 Å². The van der Waals surface area contributed by atoms with Crippen molar-refractivity contribution in [3.63, 3.8) is 0 Å². The number of ketones is 1. The summed E-state index contributed by atoms with van der Waals surface area (Å²) in [5.74, 6) is -0.286. The standard InChI is InChI=1S/C15H26O11/c1-5(18)2-6-9(19)12(22)14(8(4-17)24-6)26-15-13(23)11(21)10(20)7(3-16)25-15/h6-17,19-23H,2-4H2,1H3/t6-,7+,8+,9-,10+,11-,12+,13+,14+,15?/m0/s1.